The smallest absolute Gasteiger partial charge is 0.147 e. The minimum Gasteiger partial charge on any atom is -0.355 e. The maximum absolute atomic E-state index is 13.1. The number of halogens is 1. The first-order chi connectivity index (χ1) is 11.1. The maximum atomic E-state index is 13.1. The highest BCUT2D eigenvalue weighted by Gasteiger charge is 2.31. The molecule has 5 heteroatoms. The molecule has 0 aromatic heterocycles. The molecule has 126 valence electrons. The third-order valence-electron chi connectivity index (χ3n) is 4.55. The lowest BCUT2D eigenvalue weighted by molar-refractivity contribution is 0.135. The van der Waals surface area contributed by atoms with Crippen molar-refractivity contribution >= 4 is 5.94 Å². The van der Waals surface area contributed by atoms with Gasteiger partial charge in [-0.15, -0.1) is 0 Å². The fourth-order valence-corrected chi connectivity index (χ4v) is 3.06. The molecule has 2 rings (SSSR count). The minimum absolute atomic E-state index is 0.0131. The number of likely N-dealkylation sites (N-methyl/N-ethyl adjacent to an activating group) is 1. The Morgan fingerprint density at radius 1 is 1.30 bits per heavy atom. The number of piperazine rings is 1. The van der Waals surface area contributed by atoms with Crippen molar-refractivity contribution in [1.82, 2.24) is 15.1 Å². The Morgan fingerprint density at radius 3 is 2.52 bits per heavy atom. The van der Waals surface area contributed by atoms with Crippen LogP contribution in [0.3, 0.4) is 0 Å². The van der Waals surface area contributed by atoms with E-state index in [0.717, 1.165) is 31.7 Å². The van der Waals surface area contributed by atoms with Gasteiger partial charge in [0.1, 0.15) is 17.5 Å². The standard InChI is InChI=1S/C18H26FN3O/c1-4-21(5-2)12-17-10-20-14(3)18(13-23)22(17)11-15-6-8-16(19)9-7-15/h6-9,14,17,20H,4-5,10-12H2,1-3H3. The Labute approximate surface area is 138 Å². The van der Waals surface area contributed by atoms with Crippen LogP contribution >= 0.6 is 0 Å². The van der Waals surface area contributed by atoms with Crippen LogP contribution in [-0.2, 0) is 11.3 Å². The molecule has 0 spiro atoms. The van der Waals surface area contributed by atoms with Gasteiger partial charge in [-0.2, -0.15) is 0 Å². The van der Waals surface area contributed by atoms with E-state index in [2.05, 4.69) is 34.9 Å². The fraction of sp³-hybridized carbons (Fsp3) is 0.556. The van der Waals surface area contributed by atoms with Crippen LogP contribution in [0.4, 0.5) is 4.39 Å². The van der Waals surface area contributed by atoms with Gasteiger partial charge in [-0.1, -0.05) is 26.0 Å². The number of hydrogen-bond donors (Lipinski definition) is 1. The van der Waals surface area contributed by atoms with E-state index in [1.54, 1.807) is 12.1 Å². The summed E-state index contributed by atoms with van der Waals surface area (Å²) in [6.07, 6.45) is 0. The van der Waals surface area contributed by atoms with Gasteiger partial charge in [0.05, 0.1) is 12.1 Å². The van der Waals surface area contributed by atoms with Gasteiger partial charge in [0.15, 0.2) is 0 Å². The van der Waals surface area contributed by atoms with Gasteiger partial charge in [0.25, 0.3) is 0 Å². The first kappa shape index (κ1) is 17.7. The summed E-state index contributed by atoms with van der Waals surface area (Å²) in [6.45, 7) is 10.5. The molecule has 0 aliphatic carbocycles. The van der Waals surface area contributed by atoms with Crippen molar-refractivity contribution in [3.05, 3.63) is 41.3 Å². The molecule has 1 heterocycles. The topological polar surface area (TPSA) is 35.6 Å². The number of benzene rings is 1. The van der Waals surface area contributed by atoms with Gasteiger partial charge in [-0.3, -0.25) is 0 Å². The quantitative estimate of drug-likeness (QED) is 0.814. The van der Waals surface area contributed by atoms with Gasteiger partial charge in [0.2, 0.25) is 0 Å². The zero-order valence-electron chi connectivity index (χ0n) is 14.2. The van der Waals surface area contributed by atoms with Gasteiger partial charge in [0, 0.05) is 19.6 Å². The van der Waals surface area contributed by atoms with Crippen molar-refractivity contribution in [3.63, 3.8) is 0 Å². The molecule has 1 aromatic rings. The van der Waals surface area contributed by atoms with Crippen molar-refractivity contribution in [1.29, 1.82) is 0 Å². The molecule has 0 saturated carbocycles. The Kier molecular flexibility index (Phi) is 6.34. The molecule has 2 atom stereocenters. The molecular formula is C18H26FN3O. The van der Waals surface area contributed by atoms with Crippen molar-refractivity contribution in [2.75, 3.05) is 26.2 Å². The molecule has 1 fully saturated rings. The van der Waals surface area contributed by atoms with E-state index in [-0.39, 0.29) is 17.9 Å². The zero-order valence-corrected chi connectivity index (χ0v) is 14.2. The highest BCUT2D eigenvalue weighted by atomic mass is 19.1. The molecule has 1 aliphatic heterocycles. The first-order valence-electron chi connectivity index (χ1n) is 8.30. The van der Waals surface area contributed by atoms with Crippen LogP contribution in [0.25, 0.3) is 0 Å². The van der Waals surface area contributed by atoms with Gasteiger partial charge >= 0.3 is 0 Å². The third kappa shape index (κ3) is 4.41. The van der Waals surface area contributed by atoms with E-state index in [1.807, 2.05) is 6.92 Å². The lowest BCUT2D eigenvalue weighted by Crippen LogP contribution is -2.57. The molecule has 0 radical (unpaired) electrons. The van der Waals surface area contributed by atoms with Gasteiger partial charge < -0.3 is 15.1 Å². The summed E-state index contributed by atoms with van der Waals surface area (Å²) in [4.78, 5) is 16.0. The van der Waals surface area contributed by atoms with E-state index >= 15 is 0 Å². The lowest BCUT2D eigenvalue weighted by Gasteiger charge is -2.43. The number of nitrogens with zero attached hydrogens (tertiary/aromatic N) is 2. The Balaban J connectivity index is 2.21. The molecule has 23 heavy (non-hydrogen) atoms. The third-order valence-corrected chi connectivity index (χ3v) is 4.55. The second kappa shape index (κ2) is 8.25. The molecule has 1 aromatic carbocycles. The SMILES string of the molecule is CCN(CC)CC1CNC(C)C(=C=O)N1Cc1ccc(F)cc1. The van der Waals surface area contributed by atoms with Crippen molar-refractivity contribution < 1.29 is 9.18 Å². The highest BCUT2D eigenvalue weighted by Crippen LogP contribution is 2.21. The summed E-state index contributed by atoms with van der Waals surface area (Å²) in [5.41, 5.74) is 1.65. The van der Waals surface area contributed by atoms with E-state index in [1.165, 1.54) is 12.1 Å². The molecule has 1 saturated heterocycles. The molecule has 0 amide bonds. The van der Waals surface area contributed by atoms with E-state index in [4.69, 9.17) is 0 Å². The van der Waals surface area contributed by atoms with Crippen LogP contribution in [0.2, 0.25) is 0 Å². The maximum Gasteiger partial charge on any atom is 0.147 e. The summed E-state index contributed by atoms with van der Waals surface area (Å²) in [7, 11) is 0. The van der Waals surface area contributed by atoms with Crippen LogP contribution in [0, 0.1) is 5.82 Å². The Bertz CT molecular complexity index is 550. The highest BCUT2D eigenvalue weighted by molar-refractivity contribution is 5.54. The first-order valence-corrected chi connectivity index (χ1v) is 8.30. The predicted octanol–water partition coefficient (Wildman–Crippen LogP) is 2.05. The van der Waals surface area contributed by atoms with Crippen molar-refractivity contribution in [2.24, 2.45) is 0 Å². The van der Waals surface area contributed by atoms with Crippen LogP contribution in [0.1, 0.15) is 26.3 Å². The largest absolute Gasteiger partial charge is 0.355 e. The van der Waals surface area contributed by atoms with Crippen molar-refractivity contribution in [2.45, 2.75) is 39.4 Å². The van der Waals surface area contributed by atoms with E-state index < -0.39 is 0 Å². The van der Waals surface area contributed by atoms with Gasteiger partial charge in [-0.25, -0.2) is 9.18 Å². The summed E-state index contributed by atoms with van der Waals surface area (Å²) in [5, 5.41) is 3.38. The normalized spacial score (nSPS) is 21.6. The Morgan fingerprint density at radius 2 is 1.96 bits per heavy atom. The summed E-state index contributed by atoms with van der Waals surface area (Å²) >= 11 is 0. The predicted molar refractivity (Wildman–Crippen MR) is 90.2 cm³/mol. The number of nitrogens with one attached hydrogen (secondary N) is 1. The van der Waals surface area contributed by atoms with Crippen LogP contribution in [-0.4, -0.2) is 54.0 Å². The van der Waals surface area contributed by atoms with E-state index in [0.29, 0.717) is 12.2 Å². The second-order valence-electron chi connectivity index (χ2n) is 6.01. The van der Waals surface area contributed by atoms with E-state index in [9.17, 15) is 9.18 Å². The molecule has 4 nitrogen and oxygen atoms in total. The summed E-state index contributed by atoms with van der Waals surface area (Å²) in [5.74, 6) is 1.87. The van der Waals surface area contributed by atoms with Crippen LogP contribution in [0.5, 0.6) is 0 Å². The lowest BCUT2D eigenvalue weighted by atomic mass is 10.0. The van der Waals surface area contributed by atoms with Crippen molar-refractivity contribution in [3.8, 4) is 0 Å². The average molecular weight is 319 g/mol. The second-order valence-corrected chi connectivity index (χ2v) is 6.01. The number of hydrogen-bond acceptors (Lipinski definition) is 4. The van der Waals surface area contributed by atoms with Crippen LogP contribution < -0.4 is 5.32 Å². The Hall–Kier alpha value is -1.68. The van der Waals surface area contributed by atoms with Gasteiger partial charge in [-0.05, 0) is 37.7 Å². The average Bonchev–Trinajstić information content (AvgIpc) is 2.56. The minimum atomic E-state index is -0.242. The number of carbonyl (C=O) groups excluding carboxylic acids is 1. The molecular weight excluding hydrogens is 293 g/mol. The van der Waals surface area contributed by atoms with Crippen LogP contribution in [0.15, 0.2) is 30.0 Å². The fourth-order valence-electron chi connectivity index (χ4n) is 3.06. The zero-order chi connectivity index (χ0) is 16.8. The summed E-state index contributed by atoms with van der Waals surface area (Å²) in [6, 6.07) is 6.67. The monoisotopic (exact) mass is 319 g/mol. The molecule has 0 bridgehead atoms. The molecule has 1 aliphatic rings. The molecule has 2 unspecified atom stereocenters. The molecule has 1 N–H and O–H groups in total. The number of rotatable bonds is 6. The summed E-state index contributed by atoms with van der Waals surface area (Å²) < 4.78 is 13.1.